The fourth-order valence-corrected chi connectivity index (χ4v) is 4.13. The number of carbonyl (C=O) groups is 1. The molecule has 3 aromatic heterocycles. The van der Waals surface area contributed by atoms with Crippen LogP contribution >= 0.6 is 23.2 Å². The van der Waals surface area contributed by atoms with Crippen LogP contribution in [-0.2, 0) is 4.79 Å². The summed E-state index contributed by atoms with van der Waals surface area (Å²) >= 11 is 12.5. The van der Waals surface area contributed by atoms with E-state index in [1.165, 1.54) is 6.33 Å². The Labute approximate surface area is 169 Å². The molecule has 1 unspecified atom stereocenters. The van der Waals surface area contributed by atoms with Gasteiger partial charge in [0.15, 0.2) is 11.5 Å². The highest BCUT2D eigenvalue weighted by Crippen LogP contribution is 2.42. The number of carbonyl (C=O) groups excluding carboxylic acids is 1. The van der Waals surface area contributed by atoms with E-state index in [9.17, 15) is 4.79 Å². The van der Waals surface area contributed by atoms with Crippen molar-refractivity contribution in [3.05, 3.63) is 63.5 Å². The Balaban J connectivity index is 1.69. The number of hydrogen-bond acceptors (Lipinski definition) is 5. The van der Waals surface area contributed by atoms with E-state index in [-0.39, 0.29) is 18.2 Å². The molecule has 1 aromatic carbocycles. The summed E-state index contributed by atoms with van der Waals surface area (Å²) in [4.78, 5) is 12.5. The molecule has 28 heavy (non-hydrogen) atoms. The molecule has 0 fully saturated rings. The van der Waals surface area contributed by atoms with E-state index in [1.807, 2.05) is 13.0 Å². The normalized spacial score (nSPS) is 16.2. The molecule has 5 rings (SSSR count). The van der Waals surface area contributed by atoms with Crippen molar-refractivity contribution in [2.24, 2.45) is 0 Å². The molecule has 0 radical (unpaired) electrons. The van der Waals surface area contributed by atoms with Crippen molar-refractivity contribution in [1.82, 2.24) is 29.6 Å². The van der Waals surface area contributed by atoms with Crippen LogP contribution in [-0.4, -0.2) is 35.5 Å². The van der Waals surface area contributed by atoms with Gasteiger partial charge >= 0.3 is 0 Å². The van der Waals surface area contributed by atoms with E-state index in [2.05, 4.69) is 25.7 Å². The lowest BCUT2D eigenvalue weighted by Gasteiger charge is -2.25. The Morgan fingerprint density at radius 2 is 2.04 bits per heavy atom. The Morgan fingerprint density at radius 1 is 1.18 bits per heavy atom. The van der Waals surface area contributed by atoms with E-state index in [1.54, 1.807) is 33.5 Å². The van der Waals surface area contributed by atoms with Crippen LogP contribution < -0.4 is 5.32 Å². The van der Waals surface area contributed by atoms with Gasteiger partial charge in [-0.3, -0.25) is 4.79 Å². The molecule has 1 aliphatic rings. The summed E-state index contributed by atoms with van der Waals surface area (Å²) in [7, 11) is 0. The molecule has 1 N–H and O–H groups in total. The van der Waals surface area contributed by atoms with Crippen LogP contribution in [0.5, 0.6) is 0 Å². The number of aryl methyl sites for hydroxylation is 1. The first-order valence-electron chi connectivity index (χ1n) is 8.53. The average Bonchev–Trinajstić information content (AvgIpc) is 3.25. The highest BCUT2D eigenvalue weighted by atomic mass is 35.5. The molecule has 0 saturated carbocycles. The number of nitrogens with zero attached hydrogens (tertiary/aromatic N) is 6. The molecule has 8 nitrogen and oxygen atoms in total. The van der Waals surface area contributed by atoms with E-state index < -0.39 is 0 Å². The number of benzene rings is 1. The molecule has 10 heteroatoms. The minimum Gasteiger partial charge on any atom is -0.310 e. The summed E-state index contributed by atoms with van der Waals surface area (Å²) < 4.78 is 3.18. The van der Waals surface area contributed by atoms with Crippen molar-refractivity contribution < 1.29 is 4.79 Å². The third-order valence-electron chi connectivity index (χ3n) is 4.81. The van der Waals surface area contributed by atoms with Crippen LogP contribution in [0.1, 0.15) is 29.2 Å². The Bertz CT molecular complexity index is 1250. The zero-order valence-corrected chi connectivity index (χ0v) is 16.1. The summed E-state index contributed by atoms with van der Waals surface area (Å²) in [6.07, 6.45) is 1.79. The van der Waals surface area contributed by atoms with Crippen LogP contribution in [0.25, 0.3) is 11.5 Å². The summed E-state index contributed by atoms with van der Waals surface area (Å²) in [5.41, 5.74) is 3.16. The van der Waals surface area contributed by atoms with Crippen LogP contribution in [0.15, 0.2) is 36.7 Å². The lowest BCUT2D eigenvalue weighted by molar-refractivity contribution is -0.116. The predicted octanol–water partition coefficient (Wildman–Crippen LogP) is 3.40. The Hall–Kier alpha value is -2.97. The Morgan fingerprint density at radius 3 is 2.86 bits per heavy atom. The summed E-state index contributed by atoms with van der Waals surface area (Å²) in [6, 6.07) is 8.89. The molecule has 140 valence electrons. The highest BCUT2D eigenvalue weighted by molar-refractivity contribution is 6.35. The van der Waals surface area contributed by atoms with Crippen LogP contribution in [0.2, 0.25) is 10.0 Å². The van der Waals surface area contributed by atoms with Crippen molar-refractivity contribution in [2.75, 3.05) is 5.32 Å². The quantitative estimate of drug-likeness (QED) is 0.543. The molecule has 1 amide bonds. The number of aromatic nitrogens is 6. The Kier molecular flexibility index (Phi) is 3.85. The van der Waals surface area contributed by atoms with E-state index >= 15 is 0 Å². The number of nitrogens with one attached hydrogen (secondary N) is 1. The van der Waals surface area contributed by atoms with Gasteiger partial charge in [0.25, 0.3) is 0 Å². The third kappa shape index (κ3) is 2.64. The fraction of sp³-hybridized carbons (Fsp3) is 0.167. The van der Waals surface area contributed by atoms with Gasteiger partial charge in [-0.25, -0.2) is 0 Å². The van der Waals surface area contributed by atoms with Gasteiger partial charge in [0.05, 0.1) is 5.69 Å². The number of anilines is 1. The minimum absolute atomic E-state index is 0.116. The minimum atomic E-state index is -0.221. The second-order valence-corrected chi connectivity index (χ2v) is 7.40. The van der Waals surface area contributed by atoms with Gasteiger partial charge in [0, 0.05) is 27.9 Å². The van der Waals surface area contributed by atoms with Crippen molar-refractivity contribution in [2.45, 2.75) is 19.3 Å². The second-order valence-electron chi connectivity index (χ2n) is 6.56. The molecule has 0 saturated heterocycles. The molecule has 1 aliphatic heterocycles. The molecule has 0 spiro atoms. The van der Waals surface area contributed by atoms with Crippen molar-refractivity contribution in [1.29, 1.82) is 0 Å². The fourth-order valence-electron chi connectivity index (χ4n) is 3.59. The largest absolute Gasteiger partial charge is 0.310 e. The van der Waals surface area contributed by atoms with Gasteiger partial charge < -0.3 is 5.32 Å². The first-order chi connectivity index (χ1) is 13.5. The van der Waals surface area contributed by atoms with Gasteiger partial charge in [-0.05, 0) is 36.8 Å². The maximum atomic E-state index is 12.5. The maximum absolute atomic E-state index is 12.5. The van der Waals surface area contributed by atoms with Gasteiger partial charge in [0.1, 0.15) is 12.1 Å². The van der Waals surface area contributed by atoms with E-state index in [0.717, 1.165) is 16.8 Å². The average molecular weight is 414 g/mol. The van der Waals surface area contributed by atoms with Crippen LogP contribution in [0.4, 0.5) is 5.82 Å². The lowest BCUT2D eigenvalue weighted by Crippen LogP contribution is -2.25. The van der Waals surface area contributed by atoms with E-state index in [0.29, 0.717) is 27.3 Å². The standard InChI is InChI=1S/C18H13Cl2N7O/c1-9-17-12(11-3-2-10(19)6-13(11)20)7-16(28)22-18(17)27(24-9)15-5-4-14-23-21-8-26(14)25-15/h2-6,8,12H,7H2,1H3,(H,22,28). The first-order valence-corrected chi connectivity index (χ1v) is 9.28. The third-order valence-corrected chi connectivity index (χ3v) is 5.37. The number of rotatable bonds is 2. The molecule has 0 bridgehead atoms. The van der Waals surface area contributed by atoms with Gasteiger partial charge in [0.2, 0.25) is 5.91 Å². The first kappa shape index (κ1) is 17.2. The molecule has 4 aromatic rings. The lowest BCUT2D eigenvalue weighted by atomic mass is 9.86. The van der Waals surface area contributed by atoms with Crippen LogP contribution in [0, 0.1) is 6.92 Å². The monoisotopic (exact) mass is 413 g/mol. The SMILES string of the molecule is Cc1nn(-c2ccc3nncn3n2)c2c1C(c1ccc(Cl)cc1Cl)CC(=O)N2. The number of hydrogen-bond donors (Lipinski definition) is 1. The predicted molar refractivity (Wildman–Crippen MR) is 104 cm³/mol. The molecular weight excluding hydrogens is 401 g/mol. The van der Waals surface area contributed by atoms with E-state index in [4.69, 9.17) is 23.2 Å². The number of amides is 1. The maximum Gasteiger partial charge on any atom is 0.226 e. The van der Waals surface area contributed by atoms with Gasteiger partial charge in [-0.1, -0.05) is 29.3 Å². The topological polar surface area (TPSA) is 90.0 Å². The molecule has 4 heterocycles. The smallest absolute Gasteiger partial charge is 0.226 e. The zero-order chi connectivity index (χ0) is 19.4. The van der Waals surface area contributed by atoms with Crippen molar-refractivity contribution in [3.63, 3.8) is 0 Å². The highest BCUT2D eigenvalue weighted by Gasteiger charge is 2.34. The van der Waals surface area contributed by atoms with Crippen LogP contribution in [0.3, 0.4) is 0 Å². The summed E-state index contributed by atoms with van der Waals surface area (Å²) in [5, 5.41) is 20.9. The van der Waals surface area contributed by atoms with Crippen molar-refractivity contribution in [3.8, 4) is 5.82 Å². The number of fused-ring (bicyclic) bond motifs is 2. The number of halogens is 2. The molecule has 1 atom stereocenters. The summed E-state index contributed by atoms with van der Waals surface area (Å²) in [6.45, 7) is 1.90. The summed E-state index contributed by atoms with van der Waals surface area (Å²) in [5.74, 6) is 0.792. The molecular formula is C18H13Cl2N7O. The zero-order valence-electron chi connectivity index (χ0n) is 14.6. The van der Waals surface area contributed by atoms with Gasteiger partial charge in [-0.15, -0.1) is 15.3 Å². The van der Waals surface area contributed by atoms with Crippen molar-refractivity contribution >= 4 is 40.6 Å². The second kappa shape index (κ2) is 6.29. The molecule has 0 aliphatic carbocycles. The van der Waals surface area contributed by atoms with Gasteiger partial charge in [-0.2, -0.15) is 14.3 Å².